The fourth-order valence-electron chi connectivity index (χ4n) is 3.04. The Hall–Kier alpha value is -2.14. The number of benzene rings is 2. The molecule has 1 aliphatic carbocycles. The number of aryl methyl sites for hydroxylation is 1. The van der Waals surface area contributed by atoms with Crippen LogP contribution in [0.3, 0.4) is 0 Å². The van der Waals surface area contributed by atoms with Gasteiger partial charge in [-0.3, -0.25) is 4.79 Å². The molecule has 0 spiro atoms. The standard InChI is InChI=1S/C19H17BrO4/c1-11-6-7-16(19-15(21)8-12(2)18(11)19)24-17(22)10-23-14-5-3-4-13(20)9-14/h3-7,9,12H,8,10H2,1-2H3. The second-order valence-electron chi connectivity index (χ2n) is 5.92. The summed E-state index contributed by atoms with van der Waals surface area (Å²) in [5.41, 5.74) is 2.57. The van der Waals surface area contributed by atoms with Gasteiger partial charge in [0.1, 0.15) is 11.5 Å². The Morgan fingerprint density at radius 1 is 1.29 bits per heavy atom. The quantitative estimate of drug-likeness (QED) is 0.574. The van der Waals surface area contributed by atoms with Crippen molar-refractivity contribution in [3.63, 3.8) is 0 Å². The molecule has 0 saturated heterocycles. The van der Waals surface area contributed by atoms with Gasteiger partial charge in [0.2, 0.25) is 0 Å². The molecular formula is C19H17BrO4. The molecule has 0 aromatic heterocycles. The first-order valence-electron chi connectivity index (χ1n) is 7.71. The molecule has 0 N–H and O–H groups in total. The molecule has 0 bridgehead atoms. The highest BCUT2D eigenvalue weighted by Crippen LogP contribution is 2.40. The minimum Gasteiger partial charge on any atom is -0.482 e. The molecule has 0 heterocycles. The van der Waals surface area contributed by atoms with E-state index in [0.29, 0.717) is 23.5 Å². The van der Waals surface area contributed by atoms with E-state index in [1.807, 2.05) is 32.0 Å². The third-order valence-corrected chi connectivity index (χ3v) is 4.56. The maximum Gasteiger partial charge on any atom is 0.349 e. The van der Waals surface area contributed by atoms with E-state index in [4.69, 9.17) is 9.47 Å². The molecule has 24 heavy (non-hydrogen) atoms. The smallest absolute Gasteiger partial charge is 0.349 e. The zero-order chi connectivity index (χ0) is 17.3. The van der Waals surface area contributed by atoms with Crippen LogP contribution in [-0.4, -0.2) is 18.4 Å². The summed E-state index contributed by atoms with van der Waals surface area (Å²) in [6, 6.07) is 10.8. The highest BCUT2D eigenvalue weighted by atomic mass is 79.9. The molecule has 4 nitrogen and oxygen atoms in total. The average Bonchev–Trinajstić information content (AvgIpc) is 2.84. The van der Waals surface area contributed by atoms with Gasteiger partial charge in [-0.1, -0.05) is 35.0 Å². The van der Waals surface area contributed by atoms with E-state index in [1.165, 1.54) is 0 Å². The molecule has 1 unspecified atom stereocenters. The Morgan fingerprint density at radius 2 is 2.08 bits per heavy atom. The molecule has 2 aromatic rings. The number of rotatable bonds is 4. The zero-order valence-electron chi connectivity index (χ0n) is 13.5. The van der Waals surface area contributed by atoms with E-state index >= 15 is 0 Å². The van der Waals surface area contributed by atoms with Crippen LogP contribution in [-0.2, 0) is 4.79 Å². The predicted molar refractivity (Wildman–Crippen MR) is 93.8 cm³/mol. The van der Waals surface area contributed by atoms with Crippen LogP contribution in [0.15, 0.2) is 40.9 Å². The number of fused-ring (bicyclic) bond motifs is 1. The number of carbonyl (C=O) groups excluding carboxylic acids is 2. The summed E-state index contributed by atoms with van der Waals surface area (Å²) in [6.07, 6.45) is 0.458. The minimum atomic E-state index is -0.534. The summed E-state index contributed by atoms with van der Waals surface area (Å²) in [4.78, 5) is 24.3. The monoisotopic (exact) mass is 388 g/mol. The largest absolute Gasteiger partial charge is 0.482 e. The number of Topliss-reactive ketones (excluding diaryl/α,β-unsaturated/α-hetero) is 1. The number of hydrogen-bond donors (Lipinski definition) is 0. The van der Waals surface area contributed by atoms with Crippen LogP contribution in [0.25, 0.3) is 0 Å². The van der Waals surface area contributed by atoms with Gasteiger partial charge in [-0.25, -0.2) is 4.79 Å². The first kappa shape index (κ1) is 16.7. The lowest BCUT2D eigenvalue weighted by Crippen LogP contribution is -2.19. The van der Waals surface area contributed by atoms with Crippen molar-refractivity contribution in [1.29, 1.82) is 0 Å². The Labute approximate surface area is 148 Å². The van der Waals surface area contributed by atoms with Crippen molar-refractivity contribution in [2.75, 3.05) is 6.61 Å². The van der Waals surface area contributed by atoms with Crippen molar-refractivity contribution in [2.45, 2.75) is 26.2 Å². The van der Waals surface area contributed by atoms with Gasteiger partial charge < -0.3 is 9.47 Å². The summed E-state index contributed by atoms with van der Waals surface area (Å²) >= 11 is 3.34. The number of hydrogen-bond acceptors (Lipinski definition) is 4. The van der Waals surface area contributed by atoms with Crippen molar-refractivity contribution >= 4 is 27.7 Å². The van der Waals surface area contributed by atoms with Gasteiger partial charge in [-0.15, -0.1) is 0 Å². The Kier molecular flexibility index (Phi) is 4.71. The van der Waals surface area contributed by atoms with E-state index in [9.17, 15) is 9.59 Å². The topological polar surface area (TPSA) is 52.6 Å². The summed E-state index contributed by atoms with van der Waals surface area (Å²) in [5, 5.41) is 0. The summed E-state index contributed by atoms with van der Waals surface area (Å²) in [7, 11) is 0. The maximum absolute atomic E-state index is 12.2. The fourth-order valence-corrected chi connectivity index (χ4v) is 3.42. The first-order valence-corrected chi connectivity index (χ1v) is 8.50. The van der Waals surface area contributed by atoms with Crippen LogP contribution < -0.4 is 9.47 Å². The highest BCUT2D eigenvalue weighted by molar-refractivity contribution is 9.10. The van der Waals surface area contributed by atoms with Gasteiger partial charge in [0, 0.05) is 10.9 Å². The summed E-state index contributed by atoms with van der Waals surface area (Å²) < 4.78 is 11.7. The predicted octanol–water partition coefficient (Wildman–Crippen LogP) is 4.43. The van der Waals surface area contributed by atoms with E-state index in [2.05, 4.69) is 15.9 Å². The molecule has 0 fully saturated rings. The molecule has 0 saturated carbocycles. The van der Waals surface area contributed by atoms with Crippen LogP contribution in [0.5, 0.6) is 11.5 Å². The Morgan fingerprint density at radius 3 is 2.83 bits per heavy atom. The molecule has 2 aromatic carbocycles. The van der Waals surface area contributed by atoms with Crippen LogP contribution in [0, 0.1) is 6.92 Å². The van der Waals surface area contributed by atoms with Gasteiger partial charge in [0.25, 0.3) is 0 Å². The Balaban J connectivity index is 1.73. The van der Waals surface area contributed by atoms with Crippen molar-refractivity contribution in [2.24, 2.45) is 0 Å². The number of esters is 1. The van der Waals surface area contributed by atoms with Gasteiger partial charge in [0.05, 0.1) is 5.56 Å². The lowest BCUT2D eigenvalue weighted by atomic mass is 9.97. The SMILES string of the molecule is Cc1ccc(OC(=O)COc2cccc(Br)c2)c2c1C(C)CC2=O. The van der Waals surface area contributed by atoms with E-state index < -0.39 is 5.97 Å². The fraction of sp³-hybridized carbons (Fsp3) is 0.263. The summed E-state index contributed by atoms with van der Waals surface area (Å²) in [6.45, 7) is 3.76. The van der Waals surface area contributed by atoms with Crippen LogP contribution in [0.1, 0.15) is 40.7 Å². The molecule has 3 rings (SSSR count). The molecule has 5 heteroatoms. The lowest BCUT2D eigenvalue weighted by Gasteiger charge is -2.12. The van der Waals surface area contributed by atoms with E-state index in [-0.39, 0.29) is 18.3 Å². The van der Waals surface area contributed by atoms with Crippen molar-refractivity contribution in [1.82, 2.24) is 0 Å². The Bertz CT molecular complexity index is 813. The van der Waals surface area contributed by atoms with Gasteiger partial charge in [-0.2, -0.15) is 0 Å². The lowest BCUT2D eigenvalue weighted by molar-refractivity contribution is -0.136. The van der Waals surface area contributed by atoms with Gasteiger partial charge >= 0.3 is 5.97 Å². The summed E-state index contributed by atoms with van der Waals surface area (Å²) in [5.74, 6) is 0.544. The van der Waals surface area contributed by atoms with Gasteiger partial charge in [0.15, 0.2) is 12.4 Å². The van der Waals surface area contributed by atoms with E-state index in [0.717, 1.165) is 15.6 Å². The second-order valence-corrected chi connectivity index (χ2v) is 6.83. The second kappa shape index (κ2) is 6.77. The van der Waals surface area contributed by atoms with Crippen LogP contribution in [0.2, 0.25) is 0 Å². The molecule has 1 aliphatic rings. The molecule has 0 radical (unpaired) electrons. The molecular weight excluding hydrogens is 372 g/mol. The number of ether oxygens (including phenoxy) is 2. The molecule has 1 atom stereocenters. The normalized spacial score (nSPS) is 16.0. The third-order valence-electron chi connectivity index (χ3n) is 4.07. The number of halogens is 1. The van der Waals surface area contributed by atoms with Gasteiger partial charge in [-0.05, 0) is 48.2 Å². The zero-order valence-corrected chi connectivity index (χ0v) is 15.1. The van der Waals surface area contributed by atoms with Crippen molar-refractivity contribution in [3.05, 3.63) is 57.6 Å². The number of carbonyl (C=O) groups is 2. The maximum atomic E-state index is 12.2. The molecule has 0 amide bonds. The first-order chi connectivity index (χ1) is 11.5. The average molecular weight is 389 g/mol. The van der Waals surface area contributed by atoms with Crippen LogP contribution >= 0.6 is 15.9 Å². The number of ketones is 1. The molecule has 124 valence electrons. The van der Waals surface area contributed by atoms with Crippen molar-refractivity contribution in [3.8, 4) is 11.5 Å². The van der Waals surface area contributed by atoms with Crippen LogP contribution in [0.4, 0.5) is 0 Å². The highest BCUT2D eigenvalue weighted by Gasteiger charge is 2.31. The molecule has 0 aliphatic heterocycles. The van der Waals surface area contributed by atoms with Crippen molar-refractivity contribution < 1.29 is 19.1 Å². The minimum absolute atomic E-state index is 0.0249. The van der Waals surface area contributed by atoms with E-state index in [1.54, 1.807) is 18.2 Å². The third kappa shape index (κ3) is 3.36.